The summed E-state index contributed by atoms with van der Waals surface area (Å²) in [6.07, 6.45) is 2.23. The van der Waals surface area contributed by atoms with Crippen LogP contribution >= 0.6 is 0 Å². The number of nitriles is 1. The molecule has 5 rings (SSSR count). The molecule has 1 aliphatic rings. The molecular weight excluding hydrogens is 534 g/mol. The largest absolute Gasteiger partial charge is 0.489 e. The van der Waals surface area contributed by atoms with Crippen LogP contribution in [-0.4, -0.2) is 35.5 Å². The lowest BCUT2D eigenvalue weighted by molar-refractivity contribution is -0.122. The average molecular weight is 574 g/mol. The van der Waals surface area contributed by atoms with E-state index in [1.807, 2.05) is 103 Å². The van der Waals surface area contributed by atoms with Crippen molar-refractivity contribution in [1.29, 1.82) is 5.26 Å². The lowest BCUT2D eigenvalue weighted by atomic mass is 9.69. The van der Waals surface area contributed by atoms with Crippen LogP contribution in [0.1, 0.15) is 55.4 Å². The maximum absolute atomic E-state index is 13.3. The predicted octanol–water partition coefficient (Wildman–Crippen LogP) is 6.62. The molecule has 0 aliphatic carbocycles. The number of hydrogen-bond donors (Lipinski definition) is 1. The van der Waals surface area contributed by atoms with Gasteiger partial charge in [-0.15, -0.1) is 0 Å². The number of primary amides is 1. The summed E-state index contributed by atoms with van der Waals surface area (Å²) in [5, 5.41) is 9.60. The zero-order valence-electron chi connectivity index (χ0n) is 24.9. The summed E-state index contributed by atoms with van der Waals surface area (Å²) in [4.78, 5) is 15.7. The van der Waals surface area contributed by atoms with Crippen molar-refractivity contribution in [2.24, 2.45) is 5.73 Å². The Morgan fingerprint density at radius 2 is 1.51 bits per heavy atom. The first kappa shape index (κ1) is 29.9. The zero-order valence-corrected chi connectivity index (χ0v) is 24.9. The van der Waals surface area contributed by atoms with Gasteiger partial charge in [0, 0.05) is 24.7 Å². The molecule has 43 heavy (non-hydrogen) atoms. The smallest absolute Gasteiger partial charge is 0.232 e. The molecule has 1 amide bonds. The Morgan fingerprint density at radius 1 is 0.907 bits per heavy atom. The number of nitrogens with two attached hydrogens (primary N) is 1. The normalized spacial score (nSPS) is 15.5. The quantitative estimate of drug-likeness (QED) is 0.206. The maximum atomic E-state index is 13.3. The zero-order chi connectivity index (χ0) is 30.3. The number of carbonyl (C=O) groups is 1. The third-order valence-electron chi connectivity index (χ3n) is 8.68. The minimum Gasteiger partial charge on any atom is -0.489 e. The fourth-order valence-electron chi connectivity index (χ4n) is 6.05. The summed E-state index contributed by atoms with van der Waals surface area (Å²) in [6.45, 7) is 6.48. The summed E-state index contributed by atoms with van der Waals surface area (Å²) in [5.41, 5.74) is 8.43. The molecule has 6 nitrogen and oxygen atoms in total. The maximum Gasteiger partial charge on any atom is 0.232 e. The fraction of sp³-hybridized carbons (Fsp3) is 0.297. The first-order valence-electron chi connectivity index (χ1n) is 14.9. The minimum absolute atomic E-state index is 0.00155. The van der Waals surface area contributed by atoms with Crippen molar-refractivity contribution in [2.75, 3.05) is 13.1 Å². The molecule has 4 aromatic rings. The molecule has 0 saturated carbocycles. The lowest BCUT2D eigenvalue weighted by Crippen LogP contribution is -2.47. The molecule has 0 bridgehead atoms. The first-order chi connectivity index (χ1) is 20.8. The second-order valence-electron chi connectivity index (χ2n) is 11.8. The summed E-state index contributed by atoms with van der Waals surface area (Å²) in [5.74, 6) is 0.866. The Balaban J connectivity index is 1.27. The lowest BCUT2D eigenvalue weighted by Gasteiger charge is -2.40. The number of benzene rings is 4. The summed E-state index contributed by atoms with van der Waals surface area (Å²) < 4.78 is 12.4. The van der Waals surface area contributed by atoms with Gasteiger partial charge in [0.25, 0.3) is 0 Å². The van der Waals surface area contributed by atoms with Gasteiger partial charge in [0.1, 0.15) is 30.3 Å². The van der Waals surface area contributed by atoms with E-state index in [0.29, 0.717) is 30.1 Å². The van der Waals surface area contributed by atoms with Gasteiger partial charge in [-0.05, 0) is 61.9 Å². The van der Waals surface area contributed by atoms with E-state index in [0.717, 1.165) is 42.6 Å². The highest BCUT2D eigenvalue weighted by atomic mass is 16.5. The average Bonchev–Trinajstić information content (AvgIpc) is 3.51. The van der Waals surface area contributed by atoms with Crippen molar-refractivity contribution >= 4 is 5.91 Å². The van der Waals surface area contributed by atoms with Crippen LogP contribution < -0.4 is 15.2 Å². The Hall–Kier alpha value is -4.60. The third-order valence-corrected chi connectivity index (χ3v) is 8.68. The van der Waals surface area contributed by atoms with Gasteiger partial charge in [0.2, 0.25) is 5.91 Å². The highest BCUT2D eigenvalue weighted by Crippen LogP contribution is 2.40. The van der Waals surface area contributed by atoms with Gasteiger partial charge in [0.05, 0.1) is 11.0 Å². The molecule has 1 saturated heterocycles. The van der Waals surface area contributed by atoms with Gasteiger partial charge in [-0.3, -0.25) is 9.69 Å². The SMILES string of the molecule is CC(C)(CCC(C(N)=O)(c1ccccc1)c1ccccc1)N1CC[C@@H](Oc2ccc(C#N)c(OCc3ccccc3)c2)C1. The van der Waals surface area contributed by atoms with E-state index >= 15 is 0 Å². The van der Waals surface area contributed by atoms with Crippen molar-refractivity contribution < 1.29 is 14.3 Å². The van der Waals surface area contributed by atoms with Gasteiger partial charge >= 0.3 is 0 Å². The van der Waals surface area contributed by atoms with E-state index in [1.54, 1.807) is 6.07 Å². The van der Waals surface area contributed by atoms with Crippen LogP contribution in [-0.2, 0) is 16.8 Å². The van der Waals surface area contributed by atoms with Crippen LogP contribution in [0.25, 0.3) is 0 Å². The number of likely N-dealkylation sites (tertiary alicyclic amines) is 1. The van der Waals surface area contributed by atoms with Crippen LogP contribution in [0.2, 0.25) is 0 Å². The molecule has 0 radical (unpaired) electrons. The highest BCUT2D eigenvalue weighted by molar-refractivity contribution is 5.90. The number of amides is 1. The number of ether oxygens (including phenoxy) is 2. The van der Waals surface area contributed by atoms with E-state index < -0.39 is 5.41 Å². The third kappa shape index (κ3) is 6.74. The molecule has 0 unspecified atom stereocenters. The Labute approximate surface area is 254 Å². The molecule has 6 heteroatoms. The molecule has 1 heterocycles. The molecule has 0 spiro atoms. The van der Waals surface area contributed by atoms with Crippen LogP contribution in [0, 0.1) is 11.3 Å². The molecule has 4 aromatic carbocycles. The topological polar surface area (TPSA) is 88.6 Å². The van der Waals surface area contributed by atoms with Crippen molar-refractivity contribution in [3.63, 3.8) is 0 Å². The standard InChI is InChI=1S/C37H39N3O3/c1-36(2,21-22-37(35(39)41,30-14-8-4-9-15-30)31-16-10-5-11-17-31)40-23-20-33(26-40)43-32-19-18-29(25-38)34(24-32)42-27-28-12-6-3-7-13-28/h3-19,24,33H,20-23,26-27H2,1-2H3,(H2,39,41)/t33-/m1/s1. The first-order valence-corrected chi connectivity index (χ1v) is 14.9. The number of nitrogens with zero attached hydrogens (tertiary/aromatic N) is 2. The fourth-order valence-corrected chi connectivity index (χ4v) is 6.05. The van der Waals surface area contributed by atoms with Crippen molar-refractivity contribution in [2.45, 2.75) is 56.8 Å². The predicted molar refractivity (Wildman–Crippen MR) is 169 cm³/mol. The Bertz CT molecular complexity index is 1510. The van der Waals surface area contributed by atoms with Crippen LogP contribution in [0.3, 0.4) is 0 Å². The number of hydrogen-bond acceptors (Lipinski definition) is 5. The van der Waals surface area contributed by atoms with Crippen molar-refractivity contribution in [3.8, 4) is 17.6 Å². The van der Waals surface area contributed by atoms with E-state index in [1.165, 1.54) is 0 Å². The van der Waals surface area contributed by atoms with Crippen LogP contribution in [0.5, 0.6) is 11.5 Å². The Kier molecular flexibility index (Phi) is 9.13. The van der Waals surface area contributed by atoms with Crippen molar-refractivity contribution in [3.05, 3.63) is 131 Å². The van der Waals surface area contributed by atoms with Crippen LogP contribution in [0.15, 0.2) is 109 Å². The van der Waals surface area contributed by atoms with E-state index in [4.69, 9.17) is 15.2 Å². The van der Waals surface area contributed by atoms with Gasteiger partial charge in [-0.25, -0.2) is 0 Å². The molecule has 1 aliphatic heterocycles. The van der Waals surface area contributed by atoms with Crippen molar-refractivity contribution in [1.82, 2.24) is 4.90 Å². The summed E-state index contributed by atoms with van der Waals surface area (Å²) in [6, 6.07) is 37.3. The molecule has 1 atom stereocenters. The molecule has 0 aromatic heterocycles. The highest BCUT2D eigenvalue weighted by Gasteiger charge is 2.43. The van der Waals surface area contributed by atoms with E-state index in [2.05, 4.69) is 24.8 Å². The molecule has 1 fully saturated rings. The van der Waals surface area contributed by atoms with E-state index in [-0.39, 0.29) is 17.6 Å². The number of rotatable bonds is 12. The van der Waals surface area contributed by atoms with Crippen LogP contribution in [0.4, 0.5) is 0 Å². The summed E-state index contributed by atoms with van der Waals surface area (Å²) in [7, 11) is 0. The minimum atomic E-state index is -0.923. The van der Waals surface area contributed by atoms with Gasteiger partial charge in [-0.1, -0.05) is 91.0 Å². The second-order valence-corrected chi connectivity index (χ2v) is 11.8. The summed E-state index contributed by atoms with van der Waals surface area (Å²) >= 11 is 0. The van der Waals surface area contributed by atoms with Gasteiger partial charge < -0.3 is 15.2 Å². The van der Waals surface area contributed by atoms with E-state index in [9.17, 15) is 10.1 Å². The molecular formula is C37H39N3O3. The molecule has 2 N–H and O–H groups in total. The monoisotopic (exact) mass is 573 g/mol. The van der Waals surface area contributed by atoms with Gasteiger partial charge in [0.15, 0.2) is 0 Å². The van der Waals surface area contributed by atoms with Gasteiger partial charge in [-0.2, -0.15) is 5.26 Å². The molecule has 220 valence electrons. The Morgan fingerprint density at radius 3 is 2.09 bits per heavy atom. The number of carbonyl (C=O) groups excluding carboxylic acids is 1. The second kappa shape index (κ2) is 13.1.